The highest BCUT2D eigenvalue weighted by Gasteiger charge is 1.98. The van der Waals surface area contributed by atoms with Gasteiger partial charge in [0.2, 0.25) is 0 Å². The fourth-order valence-corrected chi connectivity index (χ4v) is 3.04. The smallest absolute Gasteiger partial charge is 0.0805 e. The topological polar surface area (TPSA) is 18.5 Å². The summed E-state index contributed by atoms with van der Waals surface area (Å²) in [4.78, 5) is 0. The summed E-state index contributed by atoms with van der Waals surface area (Å²) in [5, 5.41) is 0. The van der Waals surface area contributed by atoms with Gasteiger partial charge in [-0.3, -0.25) is 0 Å². The van der Waals surface area contributed by atoms with Crippen LogP contribution in [-0.4, -0.2) is 26.4 Å². The second kappa shape index (κ2) is 21.0. The van der Waals surface area contributed by atoms with Crippen LogP contribution in [0.15, 0.2) is 0 Å². The van der Waals surface area contributed by atoms with E-state index in [4.69, 9.17) is 9.47 Å². The Kier molecular flexibility index (Phi) is 20.9. The Hall–Kier alpha value is -0.0800. The summed E-state index contributed by atoms with van der Waals surface area (Å²) >= 11 is 0. The minimum atomic E-state index is -0.0222. The average Bonchev–Trinajstić information content (AvgIpc) is 2.60. The molecule has 0 N–H and O–H groups in total. The molecule has 1 atom stereocenters. The minimum absolute atomic E-state index is 0.0222. The average molecular weight is 342 g/mol. The van der Waals surface area contributed by atoms with Gasteiger partial charge in [0, 0.05) is 13.7 Å². The third kappa shape index (κ3) is 20.0. The van der Waals surface area contributed by atoms with Gasteiger partial charge in [-0.2, -0.15) is 0 Å². The lowest BCUT2D eigenvalue weighted by atomic mass is 10.0. The van der Waals surface area contributed by atoms with Crippen LogP contribution in [0.4, 0.5) is 0 Å². The molecule has 0 spiro atoms. The number of ether oxygens (including phenoxy) is 2. The van der Waals surface area contributed by atoms with Crippen molar-refractivity contribution in [3.8, 4) is 0 Å². The van der Waals surface area contributed by atoms with E-state index in [1.807, 2.05) is 0 Å². The van der Waals surface area contributed by atoms with Crippen molar-refractivity contribution in [3.63, 3.8) is 0 Å². The van der Waals surface area contributed by atoms with E-state index >= 15 is 0 Å². The van der Waals surface area contributed by atoms with Crippen LogP contribution in [0, 0.1) is 6.92 Å². The van der Waals surface area contributed by atoms with Crippen LogP contribution in [0.3, 0.4) is 0 Å². The first-order chi connectivity index (χ1) is 11.8. The van der Waals surface area contributed by atoms with E-state index in [0.29, 0.717) is 6.61 Å². The van der Waals surface area contributed by atoms with Crippen molar-refractivity contribution in [2.75, 3.05) is 20.3 Å². The molecule has 2 nitrogen and oxygen atoms in total. The molecule has 0 aromatic carbocycles. The number of rotatable bonds is 20. The molecule has 0 rings (SSSR count). The summed E-state index contributed by atoms with van der Waals surface area (Å²) in [7, 11) is 1.68. The third-order valence-electron chi connectivity index (χ3n) is 4.78. The SMILES string of the molecule is [CH2][C@H](COCCCCCCCCCCCCCCCCCC)OC. The Morgan fingerprint density at radius 1 is 0.625 bits per heavy atom. The summed E-state index contributed by atoms with van der Waals surface area (Å²) in [6.45, 7) is 7.59. The largest absolute Gasteiger partial charge is 0.379 e. The van der Waals surface area contributed by atoms with Gasteiger partial charge in [-0.25, -0.2) is 0 Å². The van der Waals surface area contributed by atoms with Crippen LogP contribution in [0.2, 0.25) is 0 Å². The van der Waals surface area contributed by atoms with Crippen LogP contribution in [0.1, 0.15) is 110 Å². The molecule has 0 aliphatic heterocycles. The molecule has 1 radical (unpaired) electrons. The van der Waals surface area contributed by atoms with Crippen molar-refractivity contribution in [2.45, 2.75) is 116 Å². The lowest BCUT2D eigenvalue weighted by molar-refractivity contribution is 0.0303. The maximum atomic E-state index is 5.52. The van der Waals surface area contributed by atoms with Crippen molar-refractivity contribution in [3.05, 3.63) is 6.92 Å². The third-order valence-corrected chi connectivity index (χ3v) is 4.78. The molecule has 0 aliphatic carbocycles. The summed E-state index contributed by atoms with van der Waals surface area (Å²) < 4.78 is 10.6. The number of hydrogen-bond acceptors (Lipinski definition) is 2. The van der Waals surface area contributed by atoms with Crippen molar-refractivity contribution in [1.82, 2.24) is 0 Å². The highest BCUT2D eigenvalue weighted by Crippen LogP contribution is 2.13. The molecule has 0 saturated carbocycles. The zero-order valence-corrected chi connectivity index (χ0v) is 16.8. The van der Waals surface area contributed by atoms with E-state index in [0.717, 1.165) is 6.61 Å². The van der Waals surface area contributed by atoms with Gasteiger partial charge in [-0.1, -0.05) is 103 Å². The fraction of sp³-hybridized carbons (Fsp3) is 0.955. The van der Waals surface area contributed by atoms with Crippen LogP contribution >= 0.6 is 0 Å². The Morgan fingerprint density at radius 3 is 1.38 bits per heavy atom. The molecule has 0 unspecified atom stereocenters. The predicted octanol–water partition coefficient (Wildman–Crippen LogP) is 7.11. The number of methoxy groups -OCH3 is 1. The summed E-state index contributed by atoms with van der Waals surface area (Å²) in [6, 6.07) is 0. The van der Waals surface area contributed by atoms with Crippen LogP contribution in [-0.2, 0) is 9.47 Å². The highest BCUT2D eigenvalue weighted by atomic mass is 16.5. The molecule has 0 amide bonds. The zero-order chi connectivity index (χ0) is 17.7. The Morgan fingerprint density at radius 2 is 1.00 bits per heavy atom. The van der Waals surface area contributed by atoms with E-state index in [2.05, 4.69) is 13.8 Å². The molecule has 24 heavy (non-hydrogen) atoms. The highest BCUT2D eigenvalue weighted by molar-refractivity contribution is 4.56. The molecular formula is C22H45O2. The molecule has 0 aromatic heterocycles. The summed E-state index contributed by atoms with van der Waals surface area (Å²) in [5.74, 6) is 0. The molecule has 0 aliphatic rings. The molecule has 0 saturated heterocycles. The van der Waals surface area contributed by atoms with Gasteiger partial charge in [0.25, 0.3) is 0 Å². The Labute approximate surface area is 153 Å². The lowest BCUT2D eigenvalue weighted by Crippen LogP contribution is -2.14. The molecule has 2 heteroatoms. The number of unbranched alkanes of at least 4 members (excludes halogenated alkanes) is 15. The van der Waals surface area contributed by atoms with Crippen molar-refractivity contribution < 1.29 is 9.47 Å². The van der Waals surface area contributed by atoms with E-state index in [9.17, 15) is 0 Å². The second-order valence-electron chi connectivity index (χ2n) is 7.24. The van der Waals surface area contributed by atoms with Gasteiger partial charge < -0.3 is 9.47 Å². The van der Waals surface area contributed by atoms with Crippen LogP contribution < -0.4 is 0 Å². The van der Waals surface area contributed by atoms with E-state index in [-0.39, 0.29) is 6.10 Å². The van der Waals surface area contributed by atoms with Gasteiger partial charge in [-0.15, -0.1) is 0 Å². The van der Waals surface area contributed by atoms with E-state index < -0.39 is 0 Å². The van der Waals surface area contributed by atoms with Gasteiger partial charge >= 0.3 is 0 Å². The van der Waals surface area contributed by atoms with E-state index in [1.165, 1.54) is 103 Å². The first-order valence-electron chi connectivity index (χ1n) is 10.7. The van der Waals surface area contributed by atoms with Crippen LogP contribution in [0.25, 0.3) is 0 Å². The maximum absolute atomic E-state index is 5.52. The monoisotopic (exact) mass is 341 g/mol. The second-order valence-corrected chi connectivity index (χ2v) is 7.24. The first-order valence-corrected chi connectivity index (χ1v) is 10.7. The van der Waals surface area contributed by atoms with Crippen molar-refractivity contribution >= 4 is 0 Å². The molecule has 0 fully saturated rings. The molecule has 0 bridgehead atoms. The Balaban J connectivity index is 2.98. The van der Waals surface area contributed by atoms with E-state index in [1.54, 1.807) is 7.11 Å². The van der Waals surface area contributed by atoms with Gasteiger partial charge in [0.1, 0.15) is 0 Å². The normalized spacial score (nSPS) is 12.6. The maximum Gasteiger partial charge on any atom is 0.0805 e. The summed E-state index contributed by atoms with van der Waals surface area (Å²) in [5.41, 5.74) is 0. The van der Waals surface area contributed by atoms with Crippen LogP contribution in [0.5, 0.6) is 0 Å². The van der Waals surface area contributed by atoms with Crippen molar-refractivity contribution in [2.24, 2.45) is 0 Å². The van der Waals surface area contributed by atoms with Gasteiger partial charge in [-0.05, 0) is 13.3 Å². The predicted molar refractivity (Wildman–Crippen MR) is 107 cm³/mol. The number of hydrogen-bond donors (Lipinski definition) is 0. The van der Waals surface area contributed by atoms with Crippen molar-refractivity contribution in [1.29, 1.82) is 0 Å². The lowest BCUT2D eigenvalue weighted by Gasteiger charge is -2.09. The molecule has 0 heterocycles. The fourth-order valence-electron chi connectivity index (χ4n) is 3.04. The Bertz CT molecular complexity index is 218. The standard InChI is InChI=1S/C22H45O2/c1-4-5-6-7-8-9-10-11-12-13-14-15-16-17-18-19-20-24-21-22(2)23-3/h22H,2,4-21H2,1,3H3/t22-/m1/s1. The first kappa shape index (κ1) is 23.9. The zero-order valence-electron chi connectivity index (χ0n) is 16.8. The summed E-state index contributed by atoms with van der Waals surface area (Å²) in [6.07, 6.45) is 22.5. The van der Waals surface area contributed by atoms with Gasteiger partial charge in [0.15, 0.2) is 0 Å². The molecular weight excluding hydrogens is 296 g/mol. The minimum Gasteiger partial charge on any atom is -0.379 e. The molecule has 145 valence electrons. The van der Waals surface area contributed by atoms with Gasteiger partial charge in [0.05, 0.1) is 12.7 Å². The quantitative estimate of drug-likeness (QED) is 0.220. The molecule has 0 aromatic rings.